The molecule has 47 heavy (non-hydrogen) atoms. The number of hydrogen-bond acceptors (Lipinski definition) is 9. The van der Waals surface area contributed by atoms with Crippen molar-refractivity contribution in [3.8, 4) is 11.5 Å². The van der Waals surface area contributed by atoms with Gasteiger partial charge in [-0.3, -0.25) is 9.59 Å². The second-order valence-electron chi connectivity index (χ2n) is 15.3. The van der Waals surface area contributed by atoms with Crippen molar-refractivity contribution in [2.75, 3.05) is 20.8 Å². The smallest absolute Gasteiger partial charge is 0.217 e. The molecule has 5 aliphatic rings. The topological polar surface area (TPSA) is 144 Å². The van der Waals surface area contributed by atoms with E-state index in [2.05, 4.69) is 31.3 Å². The van der Waals surface area contributed by atoms with Crippen LogP contribution in [0.25, 0.3) is 0 Å². The summed E-state index contributed by atoms with van der Waals surface area (Å²) >= 11 is 0. The van der Waals surface area contributed by atoms with Gasteiger partial charge in [0.15, 0.2) is 6.29 Å². The van der Waals surface area contributed by atoms with Crippen molar-refractivity contribution < 1.29 is 43.9 Å². The molecule has 260 valence electrons. The number of hydrogen-bond donors (Lipinski definition) is 4. The number of rotatable bonds is 8. The van der Waals surface area contributed by atoms with Crippen LogP contribution in [0.4, 0.5) is 0 Å². The number of aliphatic hydroxyl groups excluding tert-OH is 3. The van der Waals surface area contributed by atoms with Crippen molar-refractivity contribution in [1.29, 1.82) is 0 Å². The Morgan fingerprint density at radius 2 is 1.81 bits per heavy atom. The number of ketones is 1. The molecule has 1 aromatic rings. The molecule has 10 nitrogen and oxygen atoms in total. The van der Waals surface area contributed by atoms with Crippen molar-refractivity contribution in [3.63, 3.8) is 0 Å². The van der Waals surface area contributed by atoms with Gasteiger partial charge < -0.3 is 39.6 Å². The van der Waals surface area contributed by atoms with E-state index in [-0.39, 0.29) is 40.5 Å². The fraction of sp³-hybridized carbons (Fsp3) is 0.730. The van der Waals surface area contributed by atoms with Gasteiger partial charge >= 0.3 is 0 Å². The fourth-order valence-corrected chi connectivity index (χ4v) is 10.8. The summed E-state index contributed by atoms with van der Waals surface area (Å²) < 4.78 is 23.7. The Kier molecular flexibility index (Phi) is 9.57. The molecule has 0 bridgehead atoms. The molecule has 4 N–H and O–H groups in total. The van der Waals surface area contributed by atoms with Crippen LogP contribution in [-0.2, 0) is 19.1 Å². The zero-order chi connectivity index (χ0) is 33.8. The summed E-state index contributed by atoms with van der Waals surface area (Å²) in [6.45, 7) is 7.41. The molecule has 1 saturated heterocycles. The third-order valence-corrected chi connectivity index (χ3v) is 13.0. The highest BCUT2D eigenvalue weighted by Gasteiger charge is 2.62. The van der Waals surface area contributed by atoms with E-state index in [4.69, 9.17) is 18.9 Å². The third kappa shape index (κ3) is 5.82. The van der Waals surface area contributed by atoms with Crippen molar-refractivity contribution in [2.24, 2.45) is 34.5 Å². The van der Waals surface area contributed by atoms with E-state index in [9.17, 15) is 24.9 Å². The van der Waals surface area contributed by atoms with Crippen LogP contribution >= 0.6 is 0 Å². The van der Waals surface area contributed by atoms with Crippen LogP contribution in [0, 0.1) is 34.5 Å². The van der Waals surface area contributed by atoms with E-state index >= 15 is 0 Å². The average Bonchev–Trinajstić information content (AvgIpc) is 3.37. The summed E-state index contributed by atoms with van der Waals surface area (Å²) in [5.41, 5.74) is 2.37. The highest BCUT2D eigenvalue weighted by atomic mass is 16.7. The molecule has 1 unspecified atom stereocenters. The monoisotopic (exact) mass is 655 g/mol. The van der Waals surface area contributed by atoms with E-state index in [1.54, 1.807) is 21.1 Å². The van der Waals surface area contributed by atoms with Gasteiger partial charge in [0.05, 0.1) is 26.9 Å². The summed E-state index contributed by atoms with van der Waals surface area (Å²) in [6, 6.07) is 4.98. The first-order valence-corrected chi connectivity index (χ1v) is 17.3. The van der Waals surface area contributed by atoms with Gasteiger partial charge in [-0.1, -0.05) is 25.5 Å². The lowest BCUT2D eigenvalue weighted by Crippen LogP contribution is -2.65. The van der Waals surface area contributed by atoms with Crippen LogP contribution < -0.4 is 14.8 Å². The molecule has 13 atom stereocenters. The van der Waals surface area contributed by atoms with Crippen LogP contribution in [0.1, 0.15) is 84.1 Å². The van der Waals surface area contributed by atoms with Gasteiger partial charge in [0.1, 0.15) is 41.6 Å². The van der Waals surface area contributed by atoms with E-state index in [1.165, 1.54) is 12.5 Å². The molecule has 1 amide bonds. The lowest BCUT2D eigenvalue weighted by atomic mass is 9.47. The first-order chi connectivity index (χ1) is 22.4. The molecule has 1 aliphatic heterocycles. The molecule has 3 saturated carbocycles. The Morgan fingerprint density at radius 1 is 1.04 bits per heavy atom. The minimum Gasteiger partial charge on any atom is -0.497 e. The van der Waals surface area contributed by atoms with Gasteiger partial charge in [-0.05, 0) is 105 Å². The van der Waals surface area contributed by atoms with Crippen LogP contribution in [0.3, 0.4) is 0 Å². The molecule has 0 spiro atoms. The Balaban J connectivity index is 1.24. The quantitative estimate of drug-likeness (QED) is 0.307. The normalized spacial score (nSPS) is 42.7. The number of fused-ring (bicyclic) bond motifs is 5. The highest BCUT2D eigenvalue weighted by molar-refractivity contribution is 5.81. The van der Waals surface area contributed by atoms with Crippen molar-refractivity contribution in [2.45, 2.75) is 115 Å². The highest BCUT2D eigenvalue weighted by Crippen LogP contribution is 2.69. The summed E-state index contributed by atoms with van der Waals surface area (Å²) in [5, 5.41) is 33.6. The van der Waals surface area contributed by atoms with Gasteiger partial charge in [-0.15, -0.1) is 0 Å². The Bertz CT molecular complexity index is 1380. The number of nitrogens with one attached hydrogen (secondary N) is 1. The summed E-state index contributed by atoms with van der Waals surface area (Å²) in [4.78, 5) is 25.4. The molecule has 0 radical (unpaired) electrons. The molecule has 4 aliphatic carbocycles. The zero-order valence-corrected chi connectivity index (χ0v) is 28.6. The van der Waals surface area contributed by atoms with Crippen molar-refractivity contribution in [3.05, 3.63) is 35.4 Å². The minimum absolute atomic E-state index is 0.00930. The van der Waals surface area contributed by atoms with Crippen LogP contribution in [-0.4, -0.2) is 84.6 Å². The average molecular weight is 656 g/mol. The lowest BCUT2D eigenvalue weighted by Gasteiger charge is -2.58. The van der Waals surface area contributed by atoms with E-state index < -0.39 is 37.3 Å². The van der Waals surface area contributed by atoms with E-state index in [0.29, 0.717) is 17.8 Å². The minimum atomic E-state index is -1.34. The van der Waals surface area contributed by atoms with Gasteiger partial charge in [-0.2, -0.15) is 0 Å². The molecule has 1 aromatic carbocycles. The van der Waals surface area contributed by atoms with Gasteiger partial charge in [0.2, 0.25) is 5.91 Å². The van der Waals surface area contributed by atoms with Gasteiger partial charge in [-0.25, -0.2) is 0 Å². The largest absolute Gasteiger partial charge is 0.497 e. The molecular formula is C37H53NO9. The van der Waals surface area contributed by atoms with Crippen molar-refractivity contribution in [1.82, 2.24) is 5.32 Å². The number of aliphatic hydroxyl groups is 3. The van der Waals surface area contributed by atoms with Crippen LogP contribution in [0.5, 0.6) is 11.5 Å². The van der Waals surface area contributed by atoms with Crippen LogP contribution in [0.2, 0.25) is 0 Å². The van der Waals surface area contributed by atoms with E-state index in [0.717, 1.165) is 62.0 Å². The van der Waals surface area contributed by atoms with Crippen molar-refractivity contribution >= 4 is 11.7 Å². The number of benzene rings is 1. The predicted octanol–water partition coefficient (Wildman–Crippen LogP) is 3.89. The van der Waals surface area contributed by atoms with Gasteiger partial charge in [0.25, 0.3) is 0 Å². The number of ether oxygens (including phenoxy) is 4. The predicted molar refractivity (Wildman–Crippen MR) is 174 cm³/mol. The summed E-state index contributed by atoms with van der Waals surface area (Å²) in [7, 11) is 3.36. The zero-order valence-electron chi connectivity index (χ0n) is 28.6. The number of methoxy groups -OCH3 is 2. The Hall–Kier alpha value is -2.50. The summed E-state index contributed by atoms with van der Waals surface area (Å²) in [6.07, 6.45) is 3.97. The molecule has 0 aromatic heterocycles. The molecule has 1 heterocycles. The second kappa shape index (κ2) is 13.1. The third-order valence-electron chi connectivity index (χ3n) is 13.0. The number of amides is 1. The number of carbonyl (C=O) groups excluding carboxylic acids is 2. The Morgan fingerprint density at radius 3 is 2.47 bits per heavy atom. The molecule has 10 heteroatoms. The number of carbonyl (C=O) groups is 2. The first kappa shape index (κ1) is 34.4. The second-order valence-corrected chi connectivity index (χ2v) is 15.3. The number of Topliss-reactive ketones (excluding diaryl/α,β-unsaturated/α-hetero) is 1. The fourth-order valence-electron chi connectivity index (χ4n) is 10.8. The van der Waals surface area contributed by atoms with Gasteiger partial charge in [0, 0.05) is 18.4 Å². The summed E-state index contributed by atoms with van der Waals surface area (Å²) in [5.74, 6) is 2.82. The molecule has 6 rings (SSSR count). The Labute approximate surface area is 278 Å². The van der Waals surface area contributed by atoms with Crippen LogP contribution in [0.15, 0.2) is 29.8 Å². The molecule has 4 fully saturated rings. The van der Waals surface area contributed by atoms with E-state index in [1.807, 2.05) is 12.1 Å². The maximum Gasteiger partial charge on any atom is 0.217 e. The number of allylic oxidation sites excluding steroid dienone is 1. The first-order valence-electron chi connectivity index (χ1n) is 17.3. The molecular weight excluding hydrogens is 602 g/mol. The SMILES string of the molecule is COc1ccc(OC)c(C2C[C@H]3[C@@H]4CC=C5C[C@@H](O[C@@H]6O[C@H](CO)[C@@H](O)[C@H](O)[C@H]6NC(C)=O)CC[C@]5(C)[C@H]4CC[C@]3(C)[C@H]2C(C)=O)c1. The standard InChI is InChI=1S/C37H53NO9/c1-19(40)31-26(25-16-22(44-5)8-10-29(25)45-6)17-28-24-9-7-21-15-23(11-13-36(21,3)27(24)12-14-37(28,31)4)46-35-32(38-20(2)41)34(43)33(42)30(18-39)47-35/h7-8,10,16,23-24,26-28,30-35,39,42-43H,9,11-15,17-18H2,1-6H3,(H,38,41)/t23-,24+,26?,27-,28-,30+,31-,32+,33+,34+,35+,36-,37-/m0/s1. The maximum atomic E-state index is 13.5. The lowest BCUT2D eigenvalue weighted by molar-refractivity contribution is -0.284. The maximum absolute atomic E-state index is 13.5.